The Morgan fingerprint density at radius 3 is 2.18 bits per heavy atom. The molecule has 0 fully saturated rings. The van der Waals surface area contributed by atoms with E-state index < -0.39 is 24.5 Å². The van der Waals surface area contributed by atoms with E-state index >= 15 is 0 Å². The summed E-state index contributed by atoms with van der Waals surface area (Å²) in [5, 5.41) is 9.25. The van der Waals surface area contributed by atoms with Crippen molar-refractivity contribution in [3.63, 3.8) is 0 Å². The molecule has 0 atom stereocenters. The van der Waals surface area contributed by atoms with Crippen molar-refractivity contribution < 1.29 is 41.0 Å². The highest BCUT2D eigenvalue weighted by molar-refractivity contribution is 5.69. The van der Waals surface area contributed by atoms with E-state index in [1.807, 2.05) is 0 Å². The number of hydrogen-bond donors (Lipinski definition) is 1. The molecule has 0 unspecified atom stereocenters. The largest absolute Gasteiger partial charge is 0.508 e. The topological polar surface area (TPSA) is 49.8 Å². The maximum atomic E-state index is 12.3. The van der Waals surface area contributed by atoms with Crippen molar-refractivity contribution in [3.05, 3.63) is 29.3 Å². The maximum absolute atomic E-state index is 12.3. The molecule has 122 valence electrons. The number of halogens is 6. The molecule has 22 heavy (non-hydrogen) atoms. The Labute approximate surface area is 119 Å². The fraction of sp³-hybridized carbons (Fsp3) is 0.417. The van der Waals surface area contributed by atoms with Crippen LogP contribution in [0.4, 0.5) is 31.1 Å². The van der Waals surface area contributed by atoms with Gasteiger partial charge in [0.2, 0.25) is 0 Å². The highest BCUT2D eigenvalue weighted by Crippen LogP contribution is 2.36. The molecule has 10 heteroatoms. The van der Waals surface area contributed by atoms with E-state index in [0.717, 1.165) is 0 Å². The Balaban J connectivity index is 2.10. The lowest BCUT2D eigenvalue weighted by Gasteiger charge is -2.25. The molecule has 0 spiro atoms. The van der Waals surface area contributed by atoms with E-state index in [1.165, 1.54) is 18.2 Å². The lowest BCUT2D eigenvalue weighted by Crippen LogP contribution is -2.47. The number of phenols is 1. The van der Waals surface area contributed by atoms with E-state index in [4.69, 9.17) is 0 Å². The fourth-order valence-corrected chi connectivity index (χ4v) is 2.00. The summed E-state index contributed by atoms with van der Waals surface area (Å²) in [5.74, 6) is -0.127. The van der Waals surface area contributed by atoms with E-state index in [-0.39, 0.29) is 18.8 Å². The zero-order valence-corrected chi connectivity index (χ0v) is 10.7. The van der Waals surface area contributed by atoms with Crippen LogP contribution in [-0.2, 0) is 17.8 Å². The van der Waals surface area contributed by atoms with Crippen LogP contribution in [0.25, 0.3) is 0 Å². The standard InChI is InChI=1S/C12H9F6NO3/c13-11(14,15)9(12(16,17)18)22-10(21)19-4-6-1-2-8(20)3-7(6)5-19/h1-3,9,20H,4-5H2. The third kappa shape index (κ3) is 3.37. The second-order valence-corrected chi connectivity index (χ2v) is 4.66. The van der Waals surface area contributed by atoms with Gasteiger partial charge in [-0.2, -0.15) is 26.3 Å². The molecule has 1 aromatic carbocycles. The minimum absolute atomic E-state index is 0.127. The maximum Gasteiger partial charge on any atom is 0.434 e. The number of phenolic OH excluding ortho intramolecular Hbond substituents is 1. The molecule has 0 radical (unpaired) electrons. The first-order chi connectivity index (χ1) is 9.98. The molecule has 1 heterocycles. The van der Waals surface area contributed by atoms with Crippen molar-refractivity contribution in [2.75, 3.05) is 0 Å². The van der Waals surface area contributed by atoms with E-state index in [1.54, 1.807) is 0 Å². The number of ether oxygens (including phenoxy) is 1. The smallest absolute Gasteiger partial charge is 0.434 e. The number of fused-ring (bicyclic) bond motifs is 1. The average molecular weight is 329 g/mol. The first-order valence-corrected chi connectivity index (χ1v) is 5.88. The van der Waals surface area contributed by atoms with Crippen LogP contribution < -0.4 is 0 Å². The van der Waals surface area contributed by atoms with E-state index in [9.17, 15) is 36.2 Å². The van der Waals surface area contributed by atoms with Gasteiger partial charge in [-0.1, -0.05) is 6.07 Å². The van der Waals surface area contributed by atoms with Crippen molar-refractivity contribution in [2.45, 2.75) is 31.5 Å². The molecular weight excluding hydrogens is 320 g/mol. The number of amides is 1. The number of alkyl halides is 6. The number of benzene rings is 1. The molecule has 0 saturated heterocycles. The number of aromatic hydroxyl groups is 1. The summed E-state index contributed by atoms with van der Waals surface area (Å²) in [4.78, 5) is 12.2. The van der Waals surface area contributed by atoms with Gasteiger partial charge in [0.1, 0.15) is 5.75 Å². The fourth-order valence-electron chi connectivity index (χ4n) is 2.00. The van der Waals surface area contributed by atoms with Crippen molar-refractivity contribution in [3.8, 4) is 5.75 Å². The summed E-state index contributed by atoms with van der Waals surface area (Å²) in [7, 11) is 0. The van der Waals surface area contributed by atoms with Crippen LogP contribution in [0.1, 0.15) is 11.1 Å². The molecule has 0 saturated carbocycles. The highest BCUT2D eigenvalue weighted by atomic mass is 19.4. The van der Waals surface area contributed by atoms with Crippen LogP contribution in [0.2, 0.25) is 0 Å². The highest BCUT2D eigenvalue weighted by Gasteiger charge is 2.60. The van der Waals surface area contributed by atoms with Gasteiger partial charge in [0, 0.05) is 13.1 Å². The monoisotopic (exact) mass is 329 g/mol. The molecule has 1 aromatic rings. The quantitative estimate of drug-likeness (QED) is 0.804. The normalized spacial score (nSPS) is 15.1. The summed E-state index contributed by atoms with van der Waals surface area (Å²) < 4.78 is 77.6. The second kappa shape index (κ2) is 5.25. The summed E-state index contributed by atoms with van der Waals surface area (Å²) in [5.41, 5.74) is 0.929. The van der Waals surface area contributed by atoms with Gasteiger partial charge in [0.05, 0.1) is 0 Å². The SMILES string of the molecule is O=C(OC(C(F)(F)F)C(F)(F)F)N1Cc2ccc(O)cc2C1. The van der Waals surface area contributed by atoms with Gasteiger partial charge < -0.3 is 9.84 Å². The molecule has 1 amide bonds. The minimum atomic E-state index is -5.75. The predicted molar refractivity (Wildman–Crippen MR) is 59.7 cm³/mol. The molecule has 1 aliphatic heterocycles. The minimum Gasteiger partial charge on any atom is -0.508 e. The van der Waals surface area contributed by atoms with Crippen LogP contribution in [0.3, 0.4) is 0 Å². The van der Waals surface area contributed by atoms with Gasteiger partial charge in [-0.25, -0.2) is 4.79 Å². The molecule has 0 aromatic heterocycles. The molecule has 0 aliphatic carbocycles. The molecule has 0 bridgehead atoms. The van der Waals surface area contributed by atoms with Gasteiger partial charge in [-0.3, -0.25) is 4.90 Å². The van der Waals surface area contributed by atoms with Crippen molar-refractivity contribution >= 4 is 6.09 Å². The average Bonchev–Trinajstić information content (AvgIpc) is 2.75. The van der Waals surface area contributed by atoms with Gasteiger partial charge in [0.25, 0.3) is 6.10 Å². The third-order valence-electron chi connectivity index (χ3n) is 2.98. The Bertz CT molecular complexity index is 569. The van der Waals surface area contributed by atoms with Gasteiger partial charge in [-0.05, 0) is 23.3 Å². The van der Waals surface area contributed by atoms with Crippen LogP contribution in [0.5, 0.6) is 5.75 Å². The number of nitrogens with zero attached hydrogens (tertiary/aromatic N) is 1. The summed E-state index contributed by atoms with van der Waals surface area (Å²) in [6, 6.07) is 3.98. The Kier molecular flexibility index (Phi) is 3.88. The molecule has 1 aliphatic rings. The van der Waals surface area contributed by atoms with Crippen LogP contribution >= 0.6 is 0 Å². The Morgan fingerprint density at radius 2 is 1.64 bits per heavy atom. The Hall–Kier alpha value is -2.13. The second-order valence-electron chi connectivity index (χ2n) is 4.66. The predicted octanol–water partition coefficient (Wildman–Crippen LogP) is 3.34. The van der Waals surface area contributed by atoms with Gasteiger partial charge in [0.15, 0.2) is 0 Å². The van der Waals surface area contributed by atoms with Crippen LogP contribution in [-0.4, -0.2) is 34.6 Å². The lowest BCUT2D eigenvalue weighted by atomic mass is 10.1. The van der Waals surface area contributed by atoms with E-state index in [2.05, 4.69) is 4.74 Å². The zero-order chi connectivity index (χ0) is 16.7. The summed E-state index contributed by atoms with van der Waals surface area (Å²) in [6.07, 6.45) is -17.4. The summed E-state index contributed by atoms with van der Waals surface area (Å²) in [6.45, 7) is -0.443. The van der Waals surface area contributed by atoms with Crippen LogP contribution in [0.15, 0.2) is 18.2 Å². The van der Waals surface area contributed by atoms with E-state index in [0.29, 0.717) is 16.0 Å². The molecule has 2 rings (SSSR count). The zero-order valence-electron chi connectivity index (χ0n) is 10.7. The van der Waals surface area contributed by atoms with Gasteiger partial charge in [-0.15, -0.1) is 0 Å². The molecular formula is C12H9F6NO3. The van der Waals surface area contributed by atoms with Crippen molar-refractivity contribution in [1.29, 1.82) is 0 Å². The lowest BCUT2D eigenvalue weighted by molar-refractivity contribution is -0.308. The number of rotatable bonds is 1. The third-order valence-corrected chi connectivity index (χ3v) is 2.98. The van der Waals surface area contributed by atoms with Crippen molar-refractivity contribution in [1.82, 2.24) is 4.90 Å². The molecule has 4 nitrogen and oxygen atoms in total. The van der Waals surface area contributed by atoms with Gasteiger partial charge >= 0.3 is 18.4 Å². The van der Waals surface area contributed by atoms with Crippen molar-refractivity contribution in [2.24, 2.45) is 0 Å². The summed E-state index contributed by atoms with van der Waals surface area (Å²) >= 11 is 0. The number of hydrogen-bond acceptors (Lipinski definition) is 3. The van der Waals surface area contributed by atoms with Crippen LogP contribution in [0, 0.1) is 0 Å². The number of carbonyl (C=O) groups is 1. The molecule has 1 N–H and O–H groups in total. The number of carbonyl (C=O) groups excluding carboxylic acids is 1. The first kappa shape index (κ1) is 16.2. The Morgan fingerprint density at radius 1 is 1.09 bits per heavy atom. The first-order valence-electron chi connectivity index (χ1n) is 5.88.